The first-order valence-corrected chi connectivity index (χ1v) is 5.05. The summed E-state index contributed by atoms with van der Waals surface area (Å²) in [5.41, 5.74) is 0. The number of hydrogen-bond donors (Lipinski definition) is 1. The molecule has 1 aromatic heterocycles. The molecule has 1 aromatic rings. The molecule has 0 saturated carbocycles. The topological polar surface area (TPSA) is 50.3 Å². The smallest absolute Gasteiger partial charge is 0.149 e. The Morgan fingerprint density at radius 1 is 1.47 bits per heavy atom. The van der Waals surface area contributed by atoms with Gasteiger partial charge in [0.15, 0.2) is 0 Å². The van der Waals surface area contributed by atoms with E-state index in [1.54, 1.807) is 19.5 Å². The molecule has 0 radical (unpaired) electrons. The first kappa shape index (κ1) is 11.7. The van der Waals surface area contributed by atoms with Gasteiger partial charge in [-0.25, -0.2) is 4.98 Å². The van der Waals surface area contributed by atoms with Crippen LogP contribution in [0.3, 0.4) is 0 Å². The molecular formula is C10H18N4O. The van der Waals surface area contributed by atoms with E-state index in [-0.39, 0.29) is 0 Å². The van der Waals surface area contributed by atoms with E-state index in [1.165, 1.54) is 0 Å². The van der Waals surface area contributed by atoms with Crippen molar-refractivity contribution >= 4 is 11.6 Å². The lowest BCUT2D eigenvalue weighted by Gasteiger charge is -2.21. The first-order valence-electron chi connectivity index (χ1n) is 5.05. The molecule has 1 heterocycles. The van der Waals surface area contributed by atoms with Crippen molar-refractivity contribution in [3.05, 3.63) is 12.4 Å². The van der Waals surface area contributed by atoms with Crippen molar-refractivity contribution in [2.75, 3.05) is 44.1 Å². The number of ether oxygens (including phenoxy) is 1. The predicted octanol–water partition coefficient (Wildman–Crippen LogP) is 0.991. The average Bonchev–Trinajstić information content (AvgIpc) is 2.30. The standard InChI is InChI=1S/C10H18N4O/c1-4-14(5-6-15-3)10-8-12-7-9(11-2)13-10/h7-8H,4-6H2,1-3H3,(H,11,13). The Balaban J connectivity index is 2.72. The summed E-state index contributed by atoms with van der Waals surface area (Å²) in [6.07, 6.45) is 3.47. The maximum atomic E-state index is 5.05. The zero-order valence-electron chi connectivity index (χ0n) is 9.53. The van der Waals surface area contributed by atoms with Crippen molar-refractivity contribution < 1.29 is 4.74 Å². The van der Waals surface area contributed by atoms with Crippen molar-refractivity contribution in [2.45, 2.75) is 6.92 Å². The highest BCUT2D eigenvalue weighted by molar-refractivity contribution is 5.43. The number of anilines is 2. The van der Waals surface area contributed by atoms with Crippen molar-refractivity contribution in [3.63, 3.8) is 0 Å². The Hall–Kier alpha value is -1.36. The van der Waals surface area contributed by atoms with Crippen LogP contribution < -0.4 is 10.2 Å². The lowest BCUT2D eigenvalue weighted by atomic mass is 10.4. The van der Waals surface area contributed by atoms with E-state index in [1.807, 2.05) is 7.05 Å². The van der Waals surface area contributed by atoms with Crippen LogP contribution in [-0.2, 0) is 4.74 Å². The van der Waals surface area contributed by atoms with Gasteiger partial charge in [0, 0.05) is 27.2 Å². The van der Waals surface area contributed by atoms with Crippen molar-refractivity contribution in [2.24, 2.45) is 0 Å². The predicted molar refractivity (Wildman–Crippen MR) is 61.3 cm³/mol. The van der Waals surface area contributed by atoms with E-state index in [4.69, 9.17) is 4.74 Å². The molecule has 0 atom stereocenters. The van der Waals surface area contributed by atoms with Crippen LogP contribution >= 0.6 is 0 Å². The van der Waals surface area contributed by atoms with Gasteiger partial charge in [-0.1, -0.05) is 0 Å². The van der Waals surface area contributed by atoms with Crippen LogP contribution in [0.5, 0.6) is 0 Å². The maximum Gasteiger partial charge on any atom is 0.149 e. The third kappa shape index (κ3) is 3.36. The molecule has 15 heavy (non-hydrogen) atoms. The lowest BCUT2D eigenvalue weighted by molar-refractivity contribution is 0.205. The Labute approximate surface area is 90.5 Å². The number of aromatic nitrogens is 2. The van der Waals surface area contributed by atoms with E-state index in [0.717, 1.165) is 24.7 Å². The summed E-state index contributed by atoms with van der Waals surface area (Å²) >= 11 is 0. The van der Waals surface area contributed by atoms with E-state index >= 15 is 0 Å². The number of nitrogens with one attached hydrogen (secondary N) is 1. The fraction of sp³-hybridized carbons (Fsp3) is 0.600. The Kier molecular flexibility index (Phi) is 4.83. The highest BCUT2D eigenvalue weighted by atomic mass is 16.5. The van der Waals surface area contributed by atoms with Gasteiger partial charge < -0.3 is 15.0 Å². The van der Waals surface area contributed by atoms with Gasteiger partial charge in [-0.15, -0.1) is 0 Å². The fourth-order valence-corrected chi connectivity index (χ4v) is 1.26. The van der Waals surface area contributed by atoms with E-state index in [0.29, 0.717) is 6.61 Å². The van der Waals surface area contributed by atoms with Crippen LogP contribution in [0.15, 0.2) is 12.4 Å². The van der Waals surface area contributed by atoms with Gasteiger partial charge in [-0.05, 0) is 6.92 Å². The summed E-state index contributed by atoms with van der Waals surface area (Å²) in [6.45, 7) is 4.50. The molecule has 5 heteroatoms. The second-order valence-corrected chi connectivity index (χ2v) is 3.08. The molecule has 5 nitrogen and oxygen atoms in total. The molecule has 84 valence electrons. The molecule has 0 aliphatic carbocycles. The van der Waals surface area contributed by atoms with Crippen molar-refractivity contribution in [1.82, 2.24) is 9.97 Å². The summed E-state index contributed by atoms with van der Waals surface area (Å²) in [5, 5.41) is 2.97. The first-order chi connectivity index (χ1) is 7.31. The number of hydrogen-bond acceptors (Lipinski definition) is 5. The quantitative estimate of drug-likeness (QED) is 0.759. The fourth-order valence-electron chi connectivity index (χ4n) is 1.26. The van der Waals surface area contributed by atoms with Crippen molar-refractivity contribution in [3.8, 4) is 0 Å². The van der Waals surface area contributed by atoms with Gasteiger partial charge in [0.1, 0.15) is 11.6 Å². The molecule has 0 aliphatic heterocycles. The molecule has 1 N–H and O–H groups in total. The molecule has 0 spiro atoms. The third-order valence-electron chi connectivity index (χ3n) is 2.15. The zero-order chi connectivity index (χ0) is 11.1. The van der Waals surface area contributed by atoms with E-state index in [2.05, 4.69) is 27.1 Å². The zero-order valence-corrected chi connectivity index (χ0v) is 9.53. The Morgan fingerprint density at radius 2 is 2.27 bits per heavy atom. The molecule has 0 unspecified atom stereocenters. The largest absolute Gasteiger partial charge is 0.383 e. The summed E-state index contributed by atoms with van der Waals surface area (Å²) < 4.78 is 5.05. The van der Waals surface area contributed by atoms with Crippen molar-refractivity contribution in [1.29, 1.82) is 0 Å². The molecule has 0 aliphatic rings. The van der Waals surface area contributed by atoms with Crippen LogP contribution in [0.25, 0.3) is 0 Å². The number of nitrogens with zero attached hydrogens (tertiary/aromatic N) is 3. The highest BCUT2D eigenvalue weighted by Crippen LogP contribution is 2.11. The monoisotopic (exact) mass is 210 g/mol. The van der Waals surface area contributed by atoms with Gasteiger partial charge in [0.2, 0.25) is 0 Å². The number of methoxy groups -OCH3 is 1. The minimum Gasteiger partial charge on any atom is -0.383 e. The summed E-state index contributed by atoms with van der Waals surface area (Å²) in [7, 11) is 3.53. The van der Waals surface area contributed by atoms with Gasteiger partial charge in [0.25, 0.3) is 0 Å². The normalized spacial score (nSPS) is 10.1. The van der Waals surface area contributed by atoms with Crippen LogP contribution in [0.2, 0.25) is 0 Å². The molecule has 0 amide bonds. The minimum atomic E-state index is 0.694. The van der Waals surface area contributed by atoms with Gasteiger partial charge in [-0.2, -0.15) is 0 Å². The Bertz CT molecular complexity index is 293. The van der Waals surface area contributed by atoms with Gasteiger partial charge >= 0.3 is 0 Å². The van der Waals surface area contributed by atoms with Gasteiger partial charge in [-0.3, -0.25) is 4.98 Å². The second kappa shape index (κ2) is 6.19. The van der Waals surface area contributed by atoms with E-state index in [9.17, 15) is 0 Å². The molecule has 1 rings (SSSR count). The van der Waals surface area contributed by atoms with Crippen LogP contribution in [0.4, 0.5) is 11.6 Å². The third-order valence-corrected chi connectivity index (χ3v) is 2.15. The van der Waals surface area contributed by atoms with E-state index < -0.39 is 0 Å². The molecular weight excluding hydrogens is 192 g/mol. The lowest BCUT2D eigenvalue weighted by Crippen LogP contribution is -2.27. The molecule has 0 bridgehead atoms. The summed E-state index contributed by atoms with van der Waals surface area (Å²) in [6, 6.07) is 0. The number of rotatable bonds is 6. The van der Waals surface area contributed by atoms with Crippen LogP contribution in [0.1, 0.15) is 6.92 Å². The SMILES string of the molecule is CCN(CCOC)c1cncc(NC)n1. The second-order valence-electron chi connectivity index (χ2n) is 3.08. The average molecular weight is 210 g/mol. The van der Waals surface area contributed by atoms with Gasteiger partial charge in [0.05, 0.1) is 19.0 Å². The minimum absolute atomic E-state index is 0.694. The molecule has 0 fully saturated rings. The maximum absolute atomic E-state index is 5.05. The molecule has 0 aromatic carbocycles. The summed E-state index contributed by atoms with van der Waals surface area (Å²) in [4.78, 5) is 10.7. The van der Waals surface area contributed by atoms with Crippen LogP contribution in [0, 0.1) is 0 Å². The Morgan fingerprint density at radius 3 is 2.87 bits per heavy atom. The highest BCUT2D eigenvalue weighted by Gasteiger charge is 2.06. The molecule has 0 saturated heterocycles. The summed E-state index contributed by atoms with van der Waals surface area (Å²) in [5.74, 6) is 1.66. The van der Waals surface area contributed by atoms with Crippen LogP contribution in [-0.4, -0.2) is 43.8 Å². The number of likely N-dealkylation sites (N-methyl/N-ethyl adjacent to an activating group) is 1.